The summed E-state index contributed by atoms with van der Waals surface area (Å²) in [5.41, 5.74) is 6.16. The smallest absolute Gasteiger partial charge is 0.223 e. The minimum Gasteiger partial charge on any atom is -0.381 e. The second-order valence-electron chi connectivity index (χ2n) is 6.80. The minimum atomic E-state index is 0.156. The maximum atomic E-state index is 12.3. The number of nitrogens with two attached hydrogens (primary N) is 1. The quantitative estimate of drug-likeness (QED) is 0.818. The number of ether oxygens (including phenoxy) is 1. The first kappa shape index (κ1) is 14.8. The molecular formula is C15H28N2O2. The predicted molar refractivity (Wildman–Crippen MR) is 75.7 cm³/mol. The molecule has 3 atom stereocenters. The standard InChI is InChI=1S/C15H28N2O2/c1-11-9-12(16)3-4-13(11)14(18)17-10-15(2)5-7-19-8-6-15/h11-13H,3-10,16H2,1-2H3,(H,17,18). The molecule has 1 aliphatic carbocycles. The van der Waals surface area contributed by atoms with Crippen molar-refractivity contribution in [2.75, 3.05) is 19.8 Å². The van der Waals surface area contributed by atoms with Crippen LogP contribution in [-0.2, 0) is 9.53 Å². The van der Waals surface area contributed by atoms with Crippen molar-refractivity contribution in [2.24, 2.45) is 23.0 Å². The van der Waals surface area contributed by atoms with E-state index in [1.807, 2.05) is 0 Å². The summed E-state index contributed by atoms with van der Waals surface area (Å²) in [5.74, 6) is 0.793. The van der Waals surface area contributed by atoms with E-state index in [1.165, 1.54) is 0 Å². The fraction of sp³-hybridized carbons (Fsp3) is 0.933. The van der Waals surface area contributed by atoms with Crippen molar-refractivity contribution in [3.05, 3.63) is 0 Å². The largest absolute Gasteiger partial charge is 0.381 e. The summed E-state index contributed by atoms with van der Waals surface area (Å²) in [7, 11) is 0. The first-order valence-electron chi connectivity index (χ1n) is 7.61. The van der Waals surface area contributed by atoms with Gasteiger partial charge in [0.15, 0.2) is 0 Å². The van der Waals surface area contributed by atoms with Crippen LogP contribution in [0, 0.1) is 17.3 Å². The van der Waals surface area contributed by atoms with Gasteiger partial charge >= 0.3 is 0 Å². The van der Waals surface area contributed by atoms with Gasteiger partial charge in [0.2, 0.25) is 5.91 Å². The maximum absolute atomic E-state index is 12.3. The molecule has 1 saturated carbocycles. The fourth-order valence-corrected chi connectivity index (χ4v) is 3.30. The second-order valence-corrected chi connectivity index (χ2v) is 6.80. The van der Waals surface area contributed by atoms with E-state index < -0.39 is 0 Å². The van der Waals surface area contributed by atoms with Crippen LogP contribution in [0.25, 0.3) is 0 Å². The molecule has 110 valence electrons. The molecule has 0 aromatic rings. The molecular weight excluding hydrogens is 240 g/mol. The molecule has 1 amide bonds. The number of hydrogen-bond acceptors (Lipinski definition) is 3. The van der Waals surface area contributed by atoms with E-state index in [1.54, 1.807) is 0 Å². The molecule has 2 rings (SSSR count). The van der Waals surface area contributed by atoms with Crippen molar-refractivity contribution >= 4 is 5.91 Å². The molecule has 19 heavy (non-hydrogen) atoms. The Morgan fingerprint density at radius 1 is 1.37 bits per heavy atom. The van der Waals surface area contributed by atoms with Gasteiger partial charge in [-0.05, 0) is 43.4 Å². The average Bonchev–Trinajstić information content (AvgIpc) is 2.37. The molecule has 2 aliphatic rings. The highest BCUT2D eigenvalue weighted by Gasteiger charge is 2.33. The van der Waals surface area contributed by atoms with E-state index >= 15 is 0 Å². The Kier molecular flexibility index (Phi) is 4.85. The van der Waals surface area contributed by atoms with Crippen molar-refractivity contribution in [1.29, 1.82) is 0 Å². The lowest BCUT2D eigenvalue weighted by atomic mass is 9.77. The van der Waals surface area contributed by atoms with Gasteiger partial charge in [-0.3, -0.25) is 4.79 Å². The monoisotopic (exact) mass is 268 g/mol. The van der Waals surface area contributed by atoms with Gasteiger partial charge in [-0.1, -0.05) is 13.8 Å². The molecule has 1 aliphatic heterocycles. The van der Waals surface area contributed by atoms with Crippen LogP contribution in [0.1, 0.15) is 46.0 Å². The Morgan fingerprint density at radius 3 is 2.68 bits per heavy atom. The minimum absolute atomic E-state index is 0.156. The first-order chi connectivity index (χ1) is 9.00. The number of rotatable bonds is 3. The lowest BCUT2D eigenvalue weighted by Gasteiger charge is -2.36. The zero-order valence-electron chi connectivity index (χ0n) is 12.3. The van der Waals surface area contributed by atoms with Crippen molar-refractivity contribution in [3.63, 3.8) is 0 Å². The van der Waals surface area contributed by atoms with Crippen molar-refractivity contribution in [2.45, 2.75) is 52.0 Å². The number of carbonyl (C=O) groups excluding carboxylic acids is 1. The van der Waals surface area contributed by atoms with E-state index in [-0.39, 0.29) is 23.3 Å². The summed E-state index contributed by atoms with van der Waals surface area (Å²) in [5, 5.41) is 3.17. The van der Waals surface area contributed by atoms with E-state index in [0.717, 1.165) is 51.9 Å². The Balaban J connectivity index is 1.80. The fourth-order valence-electron chi connectivity index (χ4n) is 3.30. The van der Waals surface area contributed by atoms with Crippen LogP contribution in [-0.4, -0.2) is 31.7 Å². The van der Waals surface area contributed by atoms with Gasteiger partial charge in [0, 0.05) is 31.7 Å². The lowest BCUT2D eigenvalue weighted by molar-refractivity contribution is -0.128. The Bertz CT molecular complexity index is 313. The van der Waals surface area contributed by atoms with Crippen LogP contribution in [0.3, 0.4) is 0 Å². The number of amides is 1. The van der Waals surface area contributed by atoms with Gasteiger partial charge in [0.05, 0.1) is 0 Å². The van der Waals surface area contributed by atoms with Gasteiger partial charge in [-0.2, -0.15) is 0 Å². The third-order valence-electron chi connectivity index (χ3n) is 4.94. The molecule has 4 heteroatoms. The summed E-state index contributed by atoms with van der Waals surface area (Å²) in [4.78, 5) is 12.3. The average molecular weight is 268 g/mol. The normalized spacial score (nSPS) is 34.8. The van der Waals surface area contributed by atoms with Crippen LogP contribution in [0.15, 0.2) is 0 Å². The molecule has 0 aromatic heterocycles. The summed E-state index contributed by atoms with van der Waals surface area (Å²) < 4.78 is 5.39. The van der Waals surface area contributed by atoms with E-state index in [2.05, 4.69) is 19.2 Å². The highest BCUT2D eigenvalue weighted by molar-refractivity contribution is 5.79. The molecule has 0 spiro atoms. The molecule has 0 aromatic carbocycles. The highest BCUT2D eigenvalue weighted by atomic mass is 16.5. The molecule has 3 N–H and O–H groups in total. The second kappa shape index (κ2) is 6.23. The Morgan fingerprint density at radius 2 is 2.05 bits per heavy atom. The summed E-state index contributed by atoms with van der Waals surface area (Å²) in [6.07, 6.45) is 4.97. The van der Waals surface area contributed by atoms with Crippen LogP contribution in [0.5, 0.6) is 0 Å². The molecule has 1 heterocycles. The van der Waals surface area contributed by atoms with Gasteiger partial charge in [0.1, 0.15) is 0 Å². The van der Waals surface area contributed by atoms with E-state index in [9.17, 15) is 4.79 Å². The van der Waals surface area contributed by atoms with Crippen LogP contribution < -0.4 is 11.1 Å². The van der Waals surface area contributed by atoms with Crippen molar-refractivity contribution < 1.29 is 9.53 Å². The summed E-state index contributed by atoms with van der Waals surface area (Å²) >= 11 is 0. The van der Waals surface area contributed by atoms with Gasteiger partial charge in [-0.15, -0.1) is 0 Å². The summed E-state index contributed by atoms with van der Waals surface area (Å²) in [6.45, 7) is 6.82. The Labute approximate surface area is 116 Å². The maximum Gasteiger partial charge on any atom is 0.223 e. The van der Waals surface area contributed by atoms with Crippen LogP contribution in [0.2, 0.25) is 0 Å². The molecule has 2 fully saturated rings. The Hall–Kier alpha value is -0.610. The molecule has 3 unspecified atom stereocenters. The highest BCUT2D eigenvalue weighted by Crippen LogP contribution is 2.31. The van der Waals surface area contributed by atoms with Crippen molar-refractivity contribution in [1.82, 2.24) is 5.32 Å². The zero-order chi connectivity index (χ0) is 13.9. The molecule has 1 saturated heterocycles. The molecule has 4 nitrogen and oxygen atoms in total. The van der Waals surface area contributed by atoms with E-state index in [4.69, 9.17) is 10.5 Å². The van der Waals surface area contributed by atoms with E-state index in [0.29, 0.717) is 5.92 Å². The third-order valence-corrected chi connectivity index (χ3v) is 4.94. The molecule has 0 bridgehead atoms. The zero-order valence-corrected chi connectivity index (χ0v) is 12.3. The number of hydrogen-bond donors (Lipinski definition) is 2. The third kappa shape index (κ3) is 3.93. The van der Waals surface area contributed by atoms with Gasteiger partial charge in [-0.25, -0.2) is 0 Å². The first-order valence-corrected chi connectivity index (χ1v) is 7.61. The lowest BCUT2D eigenvalue weighted by Crippen LogP contribution is -2.45. The summed E-state index contributed by atoms with van der Waals surface area (Å²) in [6, 6.07) is 0.284. The SMILES string of the molecule is CC1CC(N)CCC1C(=O)NCC1(C)CCOCC1. The van der Waals surface area contributed by atoms with Crippen LogP contribution >= 0.6 is 0 Å². The number of nitrogens with one attached hydrogen (secondary N) is 1. The topological polar surface area (TPSA) is 64.4 Å². The van der Waals surface area contributed by atoms with Gasteiger partial charge < -0.3 is 15.8 Å². The van der Waals surface area contributed by atoms with Crippen molar-refractivity contribution in [3.8, 4) is 0 Å². The van der Waals surface area contributed by atoms with Crippen LogP contribution in [0.4, 0.5) is 0 Å². The number of carbonyl (C=O) groups is 1. The predicted octanol–water partition coefficient (Wildman–Crippen LogP) is 1.68. The van der Waals surface area contributed by atoms with Gasteiger partial charge in [0.25, 0.3) is 0 Å². The molecule has 0 radical (unpaired) electrons.